The Morgan fingerprint density at radius 1 is 1.20 bits per heavy atom. The molecule has 8 heteroatoms. The number of amides is 1. The van der Waals surface area contributed by atoms with E-state index in [-0.39, 0.29) is 35.9 Å². The Balaban J connectivity index is 0.00000450. The number of furan rings is 1. The molecule has 166 valence electrons. The van der Waals surface area contributed by atoms with Crippen LogP contribution < -0.4 is 16.0 Å². The first-order valence-corrected chi connectivity index (χ1v) is 10.1. The van der Waals surface area contributed by atoms with E-state index in [0.29, 0.717) is 25.3 Å². The lowest BCUT2D eigenvalue weighted by Crippen LogP contribution is -2.37. The van der Waals surface area contributed by atoms with E-state index in [2.05, 4.69) is 27.9 Å². The highest BCUT2D eigenvalue weighted by atomic mass is 127. The predicted molar refractivity (Wildman–Crippen MR) is 130 cm³/mol. The molecule has 0 saturated carbocycles. The molecule has 0 fully saturated rings. The number of nitrogens with one attached hydrogen (secondary N) is 3. The van der Waals surface area contributed by atoms with E-state index < -0.39 is 0 Å². The van der Waals surface area contributed by atoms with Gasteiger partial charge >= 0.3 is 0 Å². The largest absolute Gasteiger partial charge is 0.467 e. The number of carbonyl (C=O) groups is 1. The predicted octanol–water partition coefficient (Wildman–Crippen LogP) is 3.70. The van der Waals surface area contributed by atoms with Crippen LogP contribution in [0, 0.1) is 0 Å². The molecule has 1 aromatic carbocycles. The van der Waals surface area contributed by atoms with Gasteiger partial charge in [-0.1, -0.05) is 19.1 Å². The molecule has 3 N–H and O–H groups in total. The molecule has 0 bridgehead atoms. The third-order valence-electron chi connectivity index (χ3n) is 4.47. The third-order valence-corrected chi connectivity index (χ3v) is 4.47. The number of carbonyl (C=O) groups excluding carboxylic acids is 1. The number of benzene rings is 1. The molecule has 30 heavy (non-hydrogen) atoms. The molecule has 1 unspecified atom stereocenters. The maximum Gasteiger partial charge on any atom is 0.251 e. The number of rotatable bonds is 11. The second-order valence-corrected chi connectivity index (χ2v) is 6.82. The van der Waals surface area contributed by atoms with E-state index in [0.717, 1.165) is 36.7 Å². The lowest BCUT2D eigenvalue weighted by molar-refractivity contribution is 0.0939. The van der Waals surface area contributed by atoms with Crippen LogP contribution in [0.25, 0.3) is 0 Å². The highest BCUT2D eigenvalue weighted by molar-refractivity contribution is 14.0. The summed E-state index contributed by atoms with van der Waals surface area (Å²) in [7, 11) is 1.74. The molecule has 0 saturated heterocycles. The number of ether oxygens (including phenoxy) is 1. The average molecular weight is 528 g/mol. The summed E-state index contributed by atoms with van der Waals surface area (Å²) in [5, 5.41) is 9.50. The van der Waals surface area contributed by atoms with Gasteiger partial charge in [-0.25, -0.2) is 0 Å². The Morgan fingerprint density at radius 3 is 2.60 bits per heavy atom. The summed E-state index contributed by atoms with van der Waals surface area (Å²) in [4.78, 5) is 16.4. The van der Waals surface area contributed by atoms with Gasteiger partial charge in [-0.05, 0) is 49.6 Å². The zero-order valence-electron chi connectivity index (χ0n) is 17.9. The smallest absolute Gasteiger partial charge is 0.251 e. The van der Waals surface area contributed by atoms with Crippen LogP contribution >= 0.6 is 24.0 Å². The molecule has 1 heterocycles. The molecule has 1 amide bonds. The molecule has 0 aliphatic rings. The van der Waals surface area contributed by atoms with Gasteiger partial charge in [0, 0.05) is 38.3 Å². The van der Waals surface area contributed by atoms with Crippen LogP contribution in [0.2, 0.25) is 0 Å². The highest BCUT2D eigenvalue weighted by Gasteiger charge is 2.08. The number of aliphatic imine (C=N–C) groups is 1. The topological polar surface area (TPSA) is 87.9 Å². The Hall–Kier alpha value is -2.07. The van der Waals surface area contributed by atoms with Crippen molar-refractivity contribution >= 4 is 35.8 Å². The fraction of sp³-hybridized carbons (Fsp3) is 0.455. The highest BCUT2D eigenvalue weighted by Crippen LogP contribution is 2.05. The lowest BCUT2D eigenvalue weighted by atomic mass is 10.1. The van der Waals surface area contributed by atoms with Gasteiger partial charge in [0.2, 0.25) is 0 Å². The molecule has 2 aromatic rings. The number of hydrogen-bond donors (Lipinski definition) is 3. The van der Waals surface area contributed by atoms with E-state index in [9.17, 15) is 4.79 Å². The number of nitrogens with zero attached hydrogens (tertiary/aromatic N) is 1. The second-order valence-electron chi connectivity index (χ2n) is 6.82. The van der Waals surface area contributed by atoms with Crippen LogP contribution in [0.1, 0.15) is 48.4 Å². The van der Waals surface area contributed by atoms with Crippen molar-refractivity contribution in [2.24, 2.45) is 4.99 Å². The molecule has 1 aromatic heterocycles. The van der Waals surface area contributed by atoms with Gasteiger partial charge in [-0.15, -0.1) is 24.0 Å². The van der Waals surface area contributed by atoms with Crippen molar-refractivity contribution in [3.05, 3.63) is 59.5 Å². The zero-order chi connectivity index (χ0) is 20.9. The fourth-order valence-corrected chi connectivity index (χ4v) is 2.54. The third kappa shape index (κ3) is 9.62. The van der Waals surface area contributed by atoms with Crippen molar-refractivity contribution in [1.29, 1.82) is 0 Å². The number of guanidine groups is 1. The Kier molecular flexibility index (Phi) is 12.8. The van der Waals surface area contributed by atoms with Gasteiger partial charge in [0.1, 0.15) is 12.4 Å². The minimum Gasteiger partial charge on any atom is -0.467 e. The van der Waals surface area contributed by atoms with Crippen molar-refractivity contribution in [3.63, 3.8) is 0 Å². The van der Waals surface area contributed by atoms with Crippen molar-refractivity contribution in [1.82, 2.24) is 16.0 Å². The van der Waals surface area contributed by atoms with Crippen LogP contribution in [0.5, 0.6) is 0 Å². The molecular weight excluding hydrogens is 495 g/mol. The number of hydrogen-bond acceptors (Lipinski definition) is 4. The summed E-state index contributed by atoms with van der Waals surface area (Å²) < 4.78 is 10.8. The molecular formula is C22H33IN4O3. The summed E-state index contributed by atoms with van der Waals surface area (Å²) in [6.45, 7) is 6.57. The van der Waals surface area contributed by atoms with E-state index in [1.165, 1.54) is 0 Å². The van der Waals surface area contributed by atoms with Crippen molar-refractivity contribution < 1.29 is 13.9 Å². The molecule has 2 rings (SSSR count). The van der Waals surface area contributed by atoms with Gasteiger partial charge < -0.3 is 25.1 Å². The SMILES string of the molecule is CCC(C)NC(=O)c1ccc(CNC(=NC)NCCCOCc2ccco2)cc1.I. The maximum atomic E-state index is 12.1. The summed E-state index contributed by atoms with van der Waals surface area (Å²) >= 11 is 0. The van der Waals surface area contributed by atoms with Crippen LogP contribution in [-0.2, 0) is 17.9 Å². The van der Waals surface area contributed by atoms with E-state index in [1.807, 2.05) is 43.3 Å². The van der Waals surface area contributed by atoms with Crippen LogP contribution in [-0.4, -0.2) is 38.1 Å². The van der Waals surface area contributed by atoms with Gasteiger partial charge in [0.15, 0.2) is 5.96 Å². The number of halogens is 1. The first-order valence-electron chi connectivity index (χ1n) is 10.1. The standard InChI is InChI=1S/C22H32N4O3.HI/c1-4-17(2)26-21(27)19-10-8-18(9-11-19)15-25-22(23-3)24-12-6-13-28-16-20-7-5-14-29-20;/h5,7-11,14,17H,4,6,12-13,15-16H2,1-3H3,(H,26,27)(H2,23,24,25);1H. The summed E-state index contributed by atoms with van der Waals surface area (Å²) in [5.74, 6) is 1.53. The molecule has 1 atom stereocenters. The Bertz CT molecular complexity index is 748. The first-order chi connectivity index (χ1) is 14.1. The van der Waals surface area contributed by atoms with E-state index in [4.69, 9.17) is 9.15 Å². The van der Waals surface area contributed by atoms with Crippen LogP contribution in [0.3, 0.4) is 0 Å². The van der Waals surface area contributed by atoms with Gasteiger partial charge in [0.25, 0.3) is 5.91 Å². The maximum absolute atomic E-state index is 12.1. The summed E-state index contributed by atoms with van der Waals surface area (Å²) in [6.07, 6.45) is 3.42. The summed E-state index contributed by atoms with van der Waals surface area (Å²) in [5.41, 5.74) is 1.75. The quantitative estimate of drug-likeness (QED) is 0.179. The van der Waals surface area contributed by atoms with Gasteiger partial charge in [0.05, 0.1) is 6.26 Å². The normalized spacial score (nSPS) is 12.0. The van der Waals surface area contributed by atoms with Crippen LogP contribution in [0.15, 0.2) is 52.1 Å². The van der Waals surface area contributed by atoms with Crippen LogP contribution in [0.4, 0.5) is 0 Å². The van der Waals surface area contributed by atoms with E-state index in [1.54, 1.807) is 13.3 Å². The average Bonchev–Trinajstić information content (AvgIpc) is 3.26. The zero-order valence-corrected chi connectivity index (χ0v) is 20.3. The molecule has 0 aliphatic carbocycles. The van der Waals surface area contributed by atoms with E-state index >= 15 is 0 Å². The monoisotopic (exact) mass is 528 g/mol. The summed E-state index contributed by atoms with van der Waals surface area (Å²) in [6, 6.07) is 11.5. The van der Waals surface area contributed by atoms with Crippen molar-refractivity contribution in [2.45, 2.75) is 45.9 Å². The minimum atomic E-state index is -0.0365. The van der Waals surface area contributed by atoms with Crippen molar-refractivity contribution in [3.8, 4) is 0 Å². The molecule has 0 spiro atoms. The van der Waals surface area contributed by atoms with Gasteiger partial charge in [-0.3, -0.25) is 9.79 Å². The van der Waals surface area contributed by atoms with Gasteiger partial charge in [-0.2, -0.15) is 0 Å². The lowest BCUT2D eigenvalue weighted by Gasteiger charge is -2.13. The molecule has 7 nitrogen and oxygen atoms in total. The first kappa shape index (κ1) is 26.0. The Labute approximate surface area is 196 Å². The fourth-order valence-electron chi connectivity index (χ4n) is 2.54. The Morgan fingerprint density at radius 2 is 1.97 bits per heavy atom. The molecule has 0 radical (unpaired) electrons. The minimum absolute atomic E-state index is 0. The molecule has 0 aliphatic heterocycles. The second kappa shape index (κ2) is 14.8. The van der Waals surface area contributed by atoms with Crippen molar-refractivity contribution in [2.75, 3.05) is 20.2 Å².